The Kier molecular flexibility index (Phi) is 5.35. The molecule has 1 N–H and O–H groups in total. The van der Waals surface area contributed by atoms with Crippen molar-refractivity contribution in [1.82, 2.24) is 15.1 Å². The van der Waals surface area contributed by atoms with Gasteiger partial charge in [-0.2, -0.15) is 5.10 Å². The summed E-state index contributed by atoms with van der Waals surface area (Å²) < 4.78 is 7.50. The van der Waals surface area contributed by atoms with Crippen molar-refractivity contribution in [3.05, 3.63) is 17.5 Å². The molecule has 0 bridgehead atoms. The Morgan fingerprint density at radius 3 is 2.67 bits per heavy atom. The first-order valence-corrected chi connectivity index (χ1v) is 6.65. The Balaban J connectivity index is 2.58. The van der Waals surface area contributed by atoms with Crippen LogP contribution >= 0.6 is 0 Å². The van der Waals surface area contributed by atoms with Gasteiger partial charge in [-0.1, -0.05) is 13.8 Å². The second kappa shape index (κ2) is 6.34. The van der Waals surface area contributed by atoms with Gasteiger partial charge in [0.05, 0.1) is 11.8 Å². The Morgan fingerprint density at radius 2 is 2.11 bits per heavy atom. The zero-order chi connectivity index (χ0) is 13.8. The maximum absolute atomic E-state index is 5.43. The fourth-order valence-corrected chi connectivity index (χ4v) is 1.68. The Bertz CT molecular complexity index is 369. The van der Waals surface area contributed by atoms with Crippen molar-refractivity contribution < 1.29 is 4.74 Å². The molecular formula is C14H27N3O. The van der Waals surface area contributed by atoms with E-state index < -0.39 is 0 Å². The van der Waals surface area contributed by atoms with Gasteiger partial charge in [0.15, 0.2) is 0 Å². The monoisotopic (exact) mass is 253 g/mol. The summed E-state index contributed by atoms with van der Waals surface area (Å²) in [5.41, 5.74) is 2.43. The van der Waals surface area contributed by atoms with E-state index in [1.165, 1.54) is 11.3 Å². The number of ether oxygens (including phenoxy) is 1. The summed E-state index contributed by atoms with van der Waals surface area (Å²) >= 11 is 0. The van der Waals surface area contributed by atoms with Crippen LogP contribution in [0.2, 0.25) is 0 Å². The molecule has 104 valence electrons. The molecule has 4 nitrogen and oxygen atoms in total. The number of rotatable bonds is 7. The number of hydrogen-bond acceptors (Lipinski definition) is 3. The molecule has 1 aromatic rings. The number of methoxy groups -OCH3 is 1. The van der Waals surface area contributed by atoms with Crippen molar-refractivity contribution in [1.29, 1.82) is 0 Å². The van der Waals surface area contributed by atoms with Crippen LogP contribution in [0.5, 0.6) is 0 Å². The lowest BCUT2D eigenvalue weighted by molar-refractivity contribution is 0.0112. The van der Waals surface area contributed by atoms with Crippen LogP contribution in [0.25, 0.3) is 0 Å². The van der Waals surface area contributed by atoms with Gasteiger partial charge >= 0.3 is 0 Å². The van der Waals surface area contributed by atoms with E-state index in [0.29, 0.717) is 6.04 Å². The molecule has 4 heteroatoms. The molecule has 0 aliphatic heterocycles. The molecule has 0 spiro atoms. The first-order chi connectivity index (χ1) is 8.35. The number of aromatic nitrogens is 2. The highest BCUT2D eigenvalue weighted by atomic mass is 16.5. The highest BCUT2D eigenvalue weighted by Gasteiger charge is 2.17. The van der Waals surface area contributed by atoms with Gasteiger partial charge in [-0.15, -0.1) is 0 Å². The normalized spacial score (nSPS) is 12.4. The van der Waals surface area contributed by atoms with Crippen molar-refractivity contribution in [2.75, 3.05) is 7.11 Å². The van der Waals surface area contributed by atoms with E-state index in [-0.39, 0.29) is 5.60 Å². The molecule has 1 heterocycles. The topological polar surface area (TPSA) is 39.1 Å². The molecule has 0 amide bonds. The third-order valence-corrected chi connectivity index (χ3v) is 3.38. The molecule has 0 atom stereocenters. The van der Waals surface area contributed by atoms with Crippen molar-refractivity contribution >= 4 is 0 Å². The van der Waals surface area contributed by atoms with E-state index in [9.17, 15) is 0 Å². The molecule has 0 saturated heterocycles. The number of hydrogen-bond donors (Lipinski definition) is 1. The molecule has 0 aromatic carbocycles. The average Bonchev–Trinajstić information content (AvgIpc) is 2.65. The molecule has 18 heavy (non-hydrogen) atoms. The lowest BCUT2D eigenvalue weighted by atomic mass is 10.1. The van der Waals surface area contributed by atoms with Crippen LogP contribution in [0.15, 0.2) is 6.20 Å². The summed E-state index contributed by atoms with van der Waals surface area (Å²) in [7, 11) is 1.76. The molecule has 0 radical (unpaired) electrons. The minimum atomic E-state index is -0.0886. The molecule has 0 fully saturated rings. The number of nitrogens with one attached hydrogen (secondary N) is 1. The van der Waals surface area contributed by atoms with Gasteiger partial charge in [0.1, 0.15) is 0 Å². The third-order valence-electron chi connectivity index (χ3n) is 3.38. The van der Waals surface area contributed by atoms with Gasteiger partial charge in [-0.3, -0.25) is 4.68 Å². The Labute approximate surface area is 111 Å². The van der Waals surface area contributed by atoms with Crippen LogP contribution in [0.4, 0.5) is 0 Å². The summed E-state index contributed by atoms with van der Waals surface area (Å²) in [6.07, 6.45) is 2.92. The molecule has 0 aliphatic rings. The molecule has 0 unspecified atom stereocenters. The van der Waals surface area contributed by atoms with Crippen molar-refractivity contribution in [3.8, 4) is 0 Å². The van der Waals surface area contributed by atoms with Crippen molar-refractivity contribution in [3.63, 3.8) is 0 Å². The summed E-state index contributed by atoms with van der Waals surface area (Å²) in [6.45, 7) is 12.4. The highest BCUT2D eigenvalue weighted by Crippen LogP contribution is 2.15. The SMILES string of the molecule is COC(C)(C)CCn1ncc(CNC(C)C)c1C. The van der Waals surface area contributed by atoms with Gasteiger partial charge < -0.3 is 10.1 Å². The predicted octanol–water partition coefficient (Wildman–Crippen LogP) is 2.50. The van der Waals surface area contributed by atoms with E-state index in [1.807, 2.05) is 6.20 Å². The van der Waals surface area contributed by atoms with E-state index in [2.05, 4.69) is 49.7 Å². The summed E-state index contributed by atoms with van der Waals surface area (Å²) in [4.78, 5) is 0. The quantitative estimate of drug-likeness (QED) is 0.811. The van der Waals surface area contributed by atoms with Gasteiger partial charge in [-0.05, 0) is 27.2 Å². The van der Waals surface area contributed by atoms with Crippen LogP contribution in [0, 0.1) is 6.92 Å². The molecule has 0 aliphatic carbocycles. The van der Waals surface area contributed by atoms with E-state index in [1.54, 1.807) is 7.11 Å². The standard InChI is InChI=1S/C14H27N3O/c1-11(2)15-9-13-10-16-17(12(13)3)8-7-14(4,5)18-6/h10-11,15H,7-9H2,1-6H3. The van der Waals surface area contributed by atoms with Crippen LogP contribution in [-0.2, 0) is 17.8 Å². The largest absolute Gasteiger partial charge is 0.379 e. The van der Waals surface area contributed by atoms with Crippen LogP contribution in [-0.4, -0.2) is 28.5 Å². The van der Waals surface area contributed by atoms with Crippen molar-refractivity contribution in [2.24, 2.45) is 0 Å². The van der Waals surface area contributed by atoms with Crippen LogP contribution < -0.4 is 5.32 Å². The van der Waals surface area contributed by atoms with E-state index in [0.717, 1.165) is 19.5 Å². The van der Waals surface area contributed by atoms with Gasteiger partial charge in [0.25, 0.3) is 0 Å². The minimum absolute atomic E-state index is 0.0886. The summed E-state index contributed by atoms with van der Waals surface area (Å²) in [6, 6.07) is 0.500. The summed E-state index contributed by atoms with van der Waals surface area (Å²) in [5.74, 6) is 0. The molecule has 1 aromatic heterocycles. The Hall–Kier alpha value is -0.870. The minimum Gasteiger partial charge on any atom is -0.379 e. The molecular weight excluding hydrogens is 226 g/mol. The lowest BCUT2D eigenvalue weighted by Gasteiger charge is -2.22. The summed E-state index contributed by atoms with van der Waals surface area (Å²) in [5, 5.41) is 7.87. The van der Waals surface area contributed by atoms with Crippen LogP contribution in [0.1, 0.15) is 45.4 Å². The fourth-order valence-electron chi connectivity index (χ4n) is 1.68. The maximum atomic E-state index is 5.43. The third kappa shape index (κ3) is 4.42. The second-order valence-electron chi connectivity index (χ2n) is 5.73. The van der Waals surface area contributed by atoms with E-state index >= 15 is 0 Å². The van der Waals surface area contributed by atoms with Crippen LogP contribution in [0.3, 0.4) is 0 Å². The highest BCUT2D eigenvalue weighted by molar-refractivity contribution is 5.15. The Morgan fingerprint density at radius 1 is 1.44 bits per heavy atom. The molecule has 0 saturated carbocycles. The lowest BCUT2D eigenvalue weighted by Crippen LogP contribution is -2.25. The fraction of sp³-hybridized carbons (Fsp3) is 0.786. The second-order valence-corrected chi connectivity index (χ2v) is 5.73. The maximum Gasteiger partial charge on any atom is 0.0640 e. The number of aryl methyl sites for hydroxylation is 1. The molecule has 1 rings (SSSR count). The predicted molar refractivity (Wildman–Crippen MR) is 74.6 cm³/mol. The zero-order valence-corrected chi connectivity index (χ0v) is 12.6. The first kappa shape index (κ1) is 15.2. The smallest absolute Gasteiger partial charge is 0.0640 e. The van der Waals surface area contributed by atoms with Gasteiger partial charge in [-0.25, -0.2) is 0 Å². The van der Waals surface area contributed by atoms with Crippen molar-refractivity contribution in [2.45, 2.75) is 65.8 Å². The van der Waals surface area contributed by atoms with Gasteiger partial charge in [0.2, 0.25) is 0 Å². The zero-order valence-electron chi connectivity index (χ0n) is 12.6. The number of nitrogens with zero attached hydrogens (tertiary/aromatic N) is 2. The average molecular weight is 253 g/mol. The van der Waals surface area contributed by atoms with Gasteiger partial charge in [0, 0.05) is 37.5 Å². The first-order valence-electron chi connectivity index (χ1n) is 6.65. The van der Waals surface area contributed by atoms with E-state index in [4.69, 9.17) is 4.74 Å².